The fourth-order valence-electron chi connectivity index (χ4n) is 8.56. The molecule has 0 radical (unpaired) electrons. The average Bonchev–Trinajstić information content (AvgIpc) is 3.61. The topological polar surface area (TPSA) is 137 Å². The maximum atomic E-state index is 13.9. The van der Waals surface area contributed by atoms with Crippen LogP contribution in [0, 0.1) is 10.1 Å². The zero-order valence-electron chi connectivity index (χ0n) is 34.9. The van der Waals surface area contributed by atoms with Crippen LogP contribution in [0.1, 0.15) is 38.7 Å². The molecule has 15 heteroatoms. The number of fused-ring (bicyclic) bond motifs is 1. The Hall–Kier alpha value is -5.25. The quantitative estimate of drug-likeness (QED) is 0.0546. The van der Waals surface area contributed by atoms with Crippen LogP contribution in [0.2, 0.25) is 5.02 Å². The highest BCUT2D eigenvalue weighted by atomic mass is 35.5. The second-order valence-corrected chi connectivity index (χ2v) is 19.4. The zero-order valence-corrected chi connectivity index (χ0v) is 37.2. The van der Waals surface area contributed by atoms with Crippen LogP contribution in [-0.4, -0.2) is 89.7 Å². The number of piperazine rings is 1. The number of nitro benzene ring substituents is 1. The van der Waals surface area contributed by atoms with E-state index in [9.17, 15) is 18.5 Å². The molecule has 2 N–H and O–H groups in total. The molecule has 6 aromatic rings. The fraction of sp³-hybridized carbons (Fsp3) is 0.319. The maximum absolute atomic E-state index is 13.9. The second-order valence-electron chi connectivity index (χ2n) is 16.2. The van der Waals surface area contributed by atoms with Crippen molar-refractivity contribution in [2.45, 2.75) is 67.6 Å². The molecule has 5 aromatic carbocycles. The molecule has 0 spiro atoms. The highest BCUT2D eigenvalue weighted by molar-refractivity contribution is 7.99. The highest BCUT2D eigenvalue weighted by Gasteiger charge is 2.29. The molecule has 8 rings (SSSR count). The number of sulfonamides is 1. The number of halogens is 1. The molecule has 1 aromatic heterocycles. The van der Waals surface area contributed by atoms with Gasteiger partial charge in [-0.15, -0.1) is 11.8 Å². The Morgan fingerprint density at radius 3 is 2.34 bits per heavy atom. The summed E-state index contributed by atoms with van der Waals surface area (Å²) in [6.45, 7) is 9.54. The summed E-state index contributed by atoms with van der Waals surface area (Å²) in [6, 6.07) is 37.1. The number of nitrogens with one attached hydrogen (secondary N) is 2. The van der Waals surface area contributed by atoms with Gasteiger partial charge >= 0.3 is 0 Å². The Morgan fingerprint density at radius 1 is 0.871 bits per heavy atom. The maximum Gasteiger partial charge on any atom is 0.293 e. The first-order chi connectivity index (χ1) is 30.0. The summed E-state index contributed by atoms with van der Waals surface area (Å²) in [6.07, 6.45) is 4.40. The van der Waals surface area contributed by atoms with E-state index in [2.05, 4.69) is 97.1 Å². The van der Waals surface area contributed by atoms with Crippen LogP contribution in [0.25, 0.3) is 22.0 Å². The summed E-state index contributed by atoms with van der Waals surface area (Å²) in [5, 5.41) is 17.2. The van der Waals surface area contributed by atoms with Crippen LogP contribution in [0.3, 0.4) is 0 Å². The van der Waals surface area contributed by atoms with Crippen molar-refractivity contribution >= 4 is 67.2 Å². The Morgan fingerprint density at radius 2 is 1.60 bits per heavy atom. The largest absolute Gasteiger partial charge is 0.376 e. The number of rotatable bonds is 16. The van der Waals surface area contributed by atoms with Gasteiger partial charge in [0, 0.05) is 90.2 Å². The van der Waals surface area contributed by atoms with Gasteiger partial charge in [0.1, 0.15) is 12.0 Å². The molecule has 1 unspecified atom stereocenters. The van der Waals surface area contributed by atoms with E-state index in [-0.39, 0.29) is 28.1 Å². The van der Waals surface area contributed by atoms with E-state index < -0.39 is 14.9 Å². The lowest BCUT2D eigenvalue weighted by Crippen LogP contribution is -2.46. The summed E-state index contributed by atoms with van der Waals surface area (Å²) in [7, 11) is -4.28. The Labute approximate surface area is 372 Å². The monoisotopic (exact) mass is 890 g/mol. The Balaban J connectivity index is 0.940. The van der Waals surface area contributed by atoms with Gasteiger partial charge in [-0.25, -0.2) is 18.4 Å². The molecule has 0 amide bonds. The van der Waals surface area contributed by atoms with Gasteiger partial charge < -0.3 is 10.2 Å². The SMILES string of the molecule is C[C@@H]1CC[C@@H](C)N1CCC(CSc1ccccc1)Nc1ccc(S(=O)(=O)Nc2ncnc3cc(N4CCN(Cc5ccccc5-c5ccc(Cl)cc5)CC4)ccc23)cc1[N+](=O)[O-]. The highest BCUT2D eigenvalue weighted by Crippen LogP contribution is 2.33. The van der Waals surface area contributed by atoms with E-state index in [1.54, 1.807) is 11.8 Å². The fourth-order valence-corrected chi connectivity index (χ4v) is 10.7. The first-order valence-electron chi connectivity index (χ1n) is 21.1. The third-order valence-electron chi connectivity index (χ3n) is 12.1. The first-order valence-corrected chi connectivity index (χ1v) is 23.9. The number of hydrogen-bond acceptors (Lipinski definition) is 11. The molecule has 2 aliphatic rings. The first kappa shape index (κ1) is 43.4. The Bertz CT molecular complexity index is 2600. The van der Waals surface area contributed by atoms with Gasteiger partial charge in [-0.3, -0.25) is 24.6 Å². The van der Waals surface area contributed by atoms with Crippen molar-refractivity contribution in [1.82, 2.24) is 19.8 Å². The van der Waals surface area contributed by atoms with Gasteiger partial charge in [-0.05, 0) is 104 Å². The summed E-state index contributed by atoms with van der Waals surface area (Å²) >= 11 is 7.84. The van der Waals surface area contributed by atoms with E-state index in [0.717, 1.165) is 80.7 Å². The molecule has 3 heterocycles. The van der Waals surface area contributed by atoms with Crippen molar-refractivity contribution in [2.75, 3.05) is 53.4 Å². The van der Waals surface area contributed by atoms with Gasteiger partial charge in [0.15, 0.2) is 5.82 Å². The molecule has 0 aliphatic carbocycles. The third kappa shape index (κ3) is 10.3. The molecule has 0 bridgehead atoms. The number of nitrogens with zero attached hydrogens (tertiary/aromatic N) is 6. The number of aromatic nitrogens is 2. The van der Waals surface area contributed by atoms with Gasteiger partial charge in [0.25, 0.3) is 15.7 Å². The molecular formula is C47H51ClN8O4S2. The lowest BCUT2D eigenvalue weighted by atomic mass is 9.99. The van der Waals surface area contributed by atoms with Crippen molar-refractivity contribution in [2.24, 2.45) is 0 Å². The van der Waals surface area contributed by atoms with E-state index in [1.165, 1.54) is 29.6 Å². The molecule has 2 aliphatic heterocycles. The number of anilines is 3. The number of benzene rings is 5. The smallest absolute Gasteiger partial charge is 0.293 e. The van der Waals surface area contributed by atoms with Gasteiger partial charge in [0.05, 0.1) is 15.3 Å². The molecule has 3 atom stereocenters. The molecule has 12 nitrogen and oxygen atoms in total. The van der Waals surface area contributed by atoms with E-state index in [1.807, 2.05) is 48.5 Å². The lowest BCUT2D eigenvalue weighted by molar-refractivity contribution is -0.384. The summed E-state index contributed by atoms with van der Waals surface area (Å²) in [5.41, 5.74) is 5.13. The number of hydrogen-bond donors (Lipinski definition) is 2. The summed E-state index contributed by atoms with van der Waals surface area (Å²) < 4.78 is 30.3. The van der Waals surface area contributed by atoms with Crippen LogP contribution in [0.5, 0.6) is 0 Å². The van der Waals surface area contributed by atoms with Crippen molar-refractivity contribution in [1.29, 1.82) is 0 Å². The average molecular weight is 892 g/mol. The van der Waals surface area contributed by atoms with Crippen LogP contribution in [0.4, 0.5) is 22.9 Å². The van der Waals surface area contributed by atoms with Crippen molar-refractivity contribution < 1.29 is 13.3 Å². The van der Waals surface area contributed by atoms with Gasteiger partial charge in [-0.1, -0.05) is 66.2 Å². The third-order valence-corrected chi connectivity index (χ3v) is 14.8. The predicted octanol–water partition coefficient (Wildman–Crippen LogP) is 9.82. The minimum Gasteiger partial charge on any atom is -0.376 e. The number of thioether (sulfide) groups is 1. The van der Waals surface area contributed by atoms with Crippen LogP contribution < -0.4 is 14.9 Å². The van der Waals surface area contributed by atoms with E-state index in [4.69, 9.17) is 11.6 Å². The van der Waals surface area contributed by atoms with Crippen LogP contribution in [-0.2, 0) is 16.6 Å². The molecule has 0 saturated carbocycles. The minimum atomic E-state index is -4.28. The summed E-state index contributed by atoms with van der Waals surface area (Å²) in [4.78, 5) is 28.9. The van der Waals surface area contributed by atoms with Crippen molar-refractivity contribution in [3.63, 3.8) is 0 Å². The standard InChI is InChI=1S/C47H51ClN8O4S2/c1-33-12-13-34(2)55(33)23-22-38(31-61-40-9-4-3-5-10-40)51-44-21-19-41(29-46(44)56(57)58)62(59,60)52-47-43-20-18-39(28-45(43)49-32-50-47)54-26-24-53(25-27-54)30-36-8-6-7-11-42(36)35-14-16-37(48)17-15-35/h3-11,14-21,28-29,32-34,38,51H,12-13,22-27,30-31H2,1-2H3,(H,49,50,52)/t33-,34-,38?/m1/s1. The van der Waals surface area contributed by atoms with Crippen molar-refractivity contribution in [3.05, 3.63) is 142 Å². The van der Waals surface area contributed by atoms with E-state index >= 15 is 0 Å². The second kappa shape index (κ2) is 19.4. The molecule has 2 saturated heterocycles. The molecule has 2 fully saturated rings. The van der Waals surface area contributed by atoms with Gasteiger partial charge in [0.2, 0.25) is 0 Å². The molecule has 322 valence electrons. The summed E-state index contributed by atoms with van der Waals surface area (Å²) in [5.74, 6) is 0.776. The molecular weight excluding hydrogens is 840 g/mol. The normalized spacial score (nSPS) is 17.9. The van der Waals surface area contributed by atoms with Crippen LogP contribution in [0.15, 0.2) is 131 Å². The Kier molecular flexibility index (Phi) is 13.6. The number of likely N-dealkylation sites (tertiary alicyclic amines) is 1. The van der Waals surface area contributed by atoms with Crippen molar-refractivity contribution in [3.8, 4) is 11.1 Å². The molecule has 62 heavy (non-hydrogen) atoms. The number of nitro groups is 1. The zero-order chi connectivity index (χ0) is 43.2. The van der Waals surface area contributed by atoms with Crippen LogP contribution >= 0.6 is 23.4 Å². The lowest BCUT2D eigenvalue weighted by Gasteiger charge is -2.36. The van der Waals surface area contributed by atoms with Gasteiger partial charge in [-0.2, -0.15) is 0 Å². The predicted molar refractivity (Wildman–Crippen MR) is 252 cm³/mol. The van der Waals surface area contributed by atoms with E-state index in [0.29, 0.717) is 33.8 Å². The minimum absolute atomic E-state index is 0.0962.